The first-order chi connectivity index (χ1) is 10.5. The molecule has 2 aromatic carbocycles. The van der Waals surface area contributed by atoms with E-state index in [0.717, 1.165) is 18.5 Å². The molecule has 0 aliphatic carbocycles. The number of hydrogen-bond donors (Lipinski definition) is 3. The van der Waals surface area contributed by atoms with E-state index in [4.69, 9.17) is 5.73 Å². The molecule has 0 saturated carbocycles. The van der Waals surface area contributed by atoms with Gasteiger partial charge in [-0.05, 0) is 50.5 Å². The van der Waals surface area contributed by atoms with E-state index in [0.29, 0.717) is 11.7 Å². The molecule has 116 valence electrons. The Morgan fingerprint density at radius 3 is 2.59 bits per heavy atom. The number of carbonyl (C=O) groups is 1. The van der Waals surface area contributed by atoms with E-state index in [9.17, 15) is 4.79 Å². The van der Waals surface area contributed by atoms with Gasteiger partial charge in [0.1, 0.15) is 0 Å². The van der Waals surface area contributed by atoms with Gasteiger partial charge in [-0.1, -0.05) is 35.9 Å². The molecule has 0 bridgehead atoms. The fraction of sp³-hybridized carbons (Fsp3) is 0.278. The minimum Gasteiger partial charge on any atom is -0.383 e. The van der Waals surface area contributed by atoms with Crippen LogP contribution < -0.4 is 16.4 Å². The van der Waals surface area contributed by atoms with E-state index >= 15 is 0 Å². The average Bonchev–Trinajstić information content (AvgIpc) is 2.45. The van der Waals surface area contributed by atoms with Crippen LogP contribution in [0.2, 0.25) is 0 Å². The summed E-state index contributed by atoms with van der Waals surface area (Å²) in [4.78, 5) is 10.9. The predicted molar refractivity (Wildman–Crippen MR) is 92.2 cm³/mol. The minimum absolute atomic E-state index is 0.337. The number of primary amides is 1. The summed E-state index contributed by atoms with van der Waals surface area (Å²) in [7, 11) is 0. The predicted octanol–water partition coefficient (Wildman–Crippen LogP) is 3.92. The van der Waals surface area contributed by atoms with Crippen molar-refractivity contribution in [1.82, 2.24) is 0 Å². The van der Waals surface area contributed by atoms with E-state index in [-0.39, 0.29) is 0 Å². The highest BCUT2D eigenvalue weighted by Gasteiger charge is 2.04. The van der Waals surface area contributed by atoms with Crippen molar-refractivity contribution in [3.63, 3.8) is 0 Å². The highest BCUT2D eigenvalue weighted by molar-refractivity contribution is 5.88. The van der Waals surface area contributed by atoms with Crippen molar-refractivity contribution in [3.05, 3.63) is 59.7 Å². The Morgan fingerprint density at radius 1 is 1.14 bits per heavy atom. The van der Waals surface area contributed by atoms with Gasteiger partial charge < -0.3 is 16.4 Å². The van der Waals surface area contributed by atoms with Crippen molar-refractivity contribution in [2.75, 3.05) is 10.6 Å². The number of nitrogens with one attached hydrogen (secondary N) is 2. The van der Waals surface area contributed by atoms with Crippen LogP contribution in [0, 0.1) is 6.92 Å². The first-order valence-electron chi connectivity index (χ1n) is 7.51. The van der Waals surface area contributed by atoms with Crippen molar-refractivity contribution < 1.29 is 4.79 Å². The third kappa shape index (κ3) is 5.13. The van der Waals surface area contributed by atoms with Crippen LogP contribution in [0.5, 0.6) is 0 Å². The number of amides is 2. The second kappa shape index (κ2) is 7.50. The Hall–Kier alpha value is -2.49. The highest BCUT2D eigenvalue weighted by Crippen LogP contribution is 2.17. The van der Waals surface area contributed by atoms with Crippen molar-refractivity contribution >= 4 is 17.4 Å². The number of hydrogen-bond acceptors (Lipinski definition) is 2. The van der Waals surface area contributed by atoms with Gasteiger partial charge in [0.25, 0.3) is 0 Å². The molecule has 0 aliphatic rings. The highest BCUT2D eigenvalue weighted by atomic mass is 16.2. The lowest BCUT2D eigenvalue weighted by Crippen LogP contribution is -2.20. The topological polar surface area (TPSA) is 67.2 Å². The maximum atomic E-state index is 10.9. The molecule has 4 nitrogen and oxygen atoms in total. The molecule has 22 heavy (non-hydrogen) atoms. The molecule has 0 heterocycles. The Bertz CT molecular complexity index is 640. The van der Waals surface area contributed by atoms with E-state index in [1.165, 1.54) is 11.1 Å². The van der Waals surface area contributed by atoms with Crippen molar-refractivity contribution in [1.29, 1.82) is 0 Å². The Kier molecular flexibility index (Phi) is 5.42. The number of benzene rings is 2. The van der Waals surface area contributed by atoms with Gasteiger partial charge in [0.15, 0.2) is 0 Å². The van der Waals surface area contributed by atoms with Gasteiger partial charge in [-0.2, -0.15) is 0 Å². The van der Waals surface area contributed by atoms with Crippen LogP contribution in [-0.4, -0.2) is 12.1 Å². The number of urea groups is 1. The Balaban J connectivity index is 1.89. The molecule has 4 heteroatoms. The monoisotopic (exact) mass is 297 g/mol. The molecular formula is C18H23N3O. The maximum Gasteiger partial charge on any atom is 0.316 e. The third-order valence-corrected chi connectivity index (χ3v) is 3.49. The lowest BCUT2D eigenvalue weighted by Gasteiger charge is -2.16. The average molecular weight is 297 g/mol. The molecule has 4 N–H and O–H groups in total. The minimum atomic E-state index is -0.551. The summed E-state index contributed by atoms with van der Waals surface area (Å²) in [6, 6.07) is 16.0. The van der Waals surface area contributed by atoms with Gasteiger partial charge in [0.2, 0.25) is 0 Å². The second-order valence-electron chi connectivity index (χ2n) is 5.64. The first kappa shape index (κ1) is 15.9. The van der Waals surface area contributed by atoms with Crippen LogP contribution in [0.4, 0.5) is 16.2 Å². The van der Waals surface area contributed by atoms with Gasteiger partial charge >= 0.3 is 6.03 Å². The Labute approximate surface area is 131 Å². The fourth-order valence-electron chi connectivity index (χ4n) is 2.44. The number of anilines is 2. The zero-order chi connectivity index (χ0) is 15.9. The first-order valence-corrected chi connectivity index (χ1v) is 7.51. The van der Waals surface area contributed by atoms with E-state index in [2.05, 4.69) is 48.7 Å². The van der Waals surface area contributed by atoms with E-state index in [1.807, 2.05) is 24.3 Å². The number of nitrogens with two attached hydrogens (primary N) is 1. The largest absolute Gasteiger partial charge is 0.383 e. The van der Waals surface area contributed by atoms with E-state index < -0.39 is 6.03 Å². The Morgan fingerprint density at radius 2 is 1.86 bits per heavy atom. The van der Waals surface area contributed by atoms with Crippen molar-refractivity contribution in [3.8, 4) is 0 Å². The molecular weight excluding hydrogens is 274 g/mol. The molecule has 2 amide bonds. The van der Waals surface area contributed by atoms with Gasteiger partial charge in [0.05, 0.1) is 0 Å². The molecule has 0 radical (unpaired) electrons. The van der Waals surface area contributed by atoms with Crippen LogP contribution in [-0.2, 0) is 6.42 Å². The summed E-state index contributed by atoms with van der Waals surface area (Å²) < 4.78 is 0. The molecule has 1 unspecified atom stereocenters. The number of aryl methyl sites for hydroxylation is 2. The molecule has 2 aromatic rings. The standard InChI is InChI=1S/C18H23N3O/c1-13-5-3-6-15(11-13)10-9-14(2)20-16-7-4-8-17(12-16)21-18(19)22/h3-8,11-12,14,20H,9-10H2,1-2H3,(H3,19,21,22). The van der Waals surface area contributed by atoms with Gasteiger partial charge in [-0.15, -0.1) is 0 Å². The number of rotatable bonds is 6. The van der Waals surface area contributed by atoms with Crippen LogP contribution in [0.1, 0.15) is 24.5 Å². The SMILES string of the molecule is Cc1cccc(CCC(C)Nc2cccc(NC(N)=O)c2)c1. The summed E-state index contributed by atoms with van der Waals surface area (Å²) in [5.74, 6) is 0. The third-order valence-electron chi connectivity index (χ3n) is 3.49. The normalized spacial score (nSPS) is 11.7. The second-order valence-corrected chi connectivity index (χ2v) is 5.64. The smallest absolute Gasteiger partial charge is 0.316 e. The number of carbonyl (C=O) groups excluding carboxylic acids is 1. The summed E-state index contributed by atoms with van der Waals surface area (Å²) in [6.45, 7) is 4.27. The molecule has 0 aromatic heterocycles. The molecule has 0 aliphatic heterocycles. The quantitative estimate of drug-likeness (QED) is 0.756. The van der Waals surface area contributed by atoms with Gasteiger partial charge in [-0.25, -0.2) is 4.79 Å². The summed E-state index contributed by atoms with van der Waals surface area (Å²) in [5, 5.41) is 6.03. The summed E-state index contributed by atoms with van der Waals surface area (Å²) >= 11 is 0. The molecule has 2 rings (SSSR count). The maximum absolute atomic E-state index is 10.9. The molecule has 1 atom stereocenters. The molecule has 0 saturated heterocycles. The van der Waals surface area contributed by atoms with Crippen LogP contribution in [0.15, 0.2) is 48.5 Å². The zero-order valence-electron chi connectivity index (χ0n) is 13.1. The van der Waals surface area contributed by atoms with Crippen LogP contribution in [0.3, 0.4) is 0 Å². The van der Waals surface area contributed by atoms with Gasteiger partial charge in [-0.3, -0.25) is 0 Å². The zero-order valence-corrected chi connectivity index (χ0v) is 13.1. The van der Waals surface area contributed by atoms with Crippen molar-refractivity contribution in [2.24, 2.45) is 5.73 Å². The summed E-state index contributed by atoms with van der Waals surface area (Å²) in [5.41, 5.74) is 9.46. The molecule has 0 spiro atoms. The lowest BCUT2D eigenvalue weighted by molar-refractivity contribution is 0.259. The fourth-order valence-corrected chi connectivity index (χ4v) is 2.44. The summed E-state index contributed by atoms with van der Waals surface area (Å²) in [6.07, 6.45) is 2.08. The van der Waals surface area contributed by atoms with Crippen LogP contribution >= 0.6 is 0 Å². The lowest BCUT2D eigenvalue weighted by atomic mass is 10.0. The van der Waals surface area contributed by atoms with Crippen molar-refractivity contribution in [2.45, 2.75) is 32.7 Å². The van der Waals surface area contributed by atoms with Gasteiger partial charge in [0, 0.05) is 17.4 Å². The van der Waals surface area contributed by atoms with E-state index in [1.54, 1.807) is 0 Å². The van der Waals surface area contributed by atoms with Crippen LogP contribution in [0.25, 0.3) is 0 Å². The molecule has 0 fully saturated rings.